The Balaban J connectivity index is 2.21. The molecular weight excluding hydrogens is 406 g/mol. The summed E-state index contributed by atoms with van der Waals surface area (Å²) in [5.41, 5.74) is -0.437. The zero-order chi connectivity index (χ0) is 13.2. The van der Waals surface area contributed by atoms with Crippen molar-refractivity contribution in [3.63, 3.8) is 0 Å². The molecule has 0 bridgehead atoms. The molecule has 0 unspecified atom stereocenters. The Morgan fingerprint density at radius 2 is 2.06 bits per heavy atom. The van der Waals surface area contributed by atoms with Crippen molar-refractivity contribution in [2.24, 2.45) is 0 Å². The zero-order valence-corrected chi connectivity index (χ0v) is 14.3. The van der Waals surface area contributed by atoms with Crippen LogP contribution in [0, 0.1) is 0 Å². The van der Waals surface area contributed by atoms with Crippen molar-refractivity contribution in [2.75, 3.05) is 18.5 Å². The molecule has 1 saturated heterocycles. The highest BCUT2D eigenvalue weighted by atomic mass is 79.9. The predicted octanol–water partition coefficient (Wildman–Crippen LogP) is 2.73. The van der Waals surface area contributed by atoms with Gasteiger partial charge in [-0.05, 0) is 40.9 Å². The van der Waals surface area contributed by atoms with Crippen LogP contribution >= 0.6 is 43.2 Å². The van der Waals surface area contributed by atoms with E-state index in [1.807, 2.05) is 0 Å². The van der Waals surface area contributed by atoms with Gasteiger partial charge in [-0.25, -0.2) is 13.1 Å². The Morgan fingerprint density at radius 3 is 2.56 bits per heavy atom. The van der Waals surface area contributed by atoms with Gasteiger partial charge in [0.2, 0.25) is 0 Å². The van der Waals surface area contributed by atoms with Crippen molar-refractivity contribution in [1.29, 1.82) is 0 Å². The van der Waals surface area contributed by atoms with Gasteiger partial charge in [0.05, 0.1) is 3.79 Å². The van der Waals surface area contributed by atoms with Gasteiger partial charge >= 0.3 is 0 Å². The fraction of sp³-hybridized carbons (Fsp3) is 0.600. The molecule has 8 heteroatoms. The molecule has 0 atom stereocenters. The van der Waals surface area contributed by atoms with E-state index in [4.69, 9.17) is 4.74 Å². The number of rotatable bonds is 4. The maximum Gasteiger partial charge on any atom is 0.250 e. The minimum Gasteiger partial charge on any atom is -0.381 e. The Kier molecular flexibility index (Phi) is 4.88. The van der Waals surface area contributed by atoms with Gasteiger partial charge in [0, 0.05) is 24.1 Å². The number of alkyl halides is 1. The van der Waals surface area contributed by atoms with Crippen LogP contribution in [0.15, 0.2) is 20.1 Å². The molecule has 0 radical (unpaired) electrons. The third-order valence-corrected chi connectivity index (χ3v) is 7.64. The molecule has 102 valence electrons. The highest BCUT2D eigenvalue weighted by molar-refractivity contribution is 9.11. The maximum atomic E-state index is 12.3. The van der Waals surface area contributed by atoms with Crippen LogP contribution in [-0.4, -0.2) is 32.5 Å². The molecule has 18 heavy (non-hydrogen) atoms. The molecule has 1 aromatic rings. The largest absolute Gasteiger partial charge is 0.381 e. The molecule has 1 aromatic heterocycles. The SMILES string of the molecule is O=S(=O)(NC1(CBr)CCOCC1)c1ccc(Br)s1. The van der Waals surface area contributed by atoms with Crippen molar-refractivity contribution < 1.29 is 13.2 Å². The number of halogens is 2. The topological polar surface area (TPSA) is 55.4 Å². The van der Waals surface area contributed by atoms with Crippen LogP contribution in [0.3, 0.4) is 0 Å². The smallest absolute Gasteiger partial charge is 0.250 e. The fourth-order valence-electron chi connectivity index (χ4n) is 1.80. The number of nitrogens with one attached hydrogen (secondary N) is 1. The van der Waals surface area contributed by atoms with Gasteiger partial charge in [-0.3, -0.25) is 0 Å². The number of hydrogen-bond acceptors (Lipinski definition) is 4. The van der Waals surface area contributed by atoms with E-state index in [1.54, 1.807) is 12.1 Å². The van der Waals surface area contributed by atoms with Crippen LogP contribution in [0.1, 0.15) is 12.8 Å². The van der Waals surface area contributed by atoms with E-state index in [0.717, 1.165) is 3.79 Å². The van der Waals surface area contributed by atoms with Crippen LogP contribution in [0.25, 0.3) is 0 Å². The molecule has 0 aromatic carbocycles. The van der Waals surface area contributed by atoms with Crippen LogP contribution in [0.4, 0.5) is 0 Å². The van der Waals surface area contributed by atoms with Gasteiger partial charge in [0.25, 0.3) is 10.0 Å². The molecular formula is C10H13Br2NO3S2. The van der Waals surface area contributed by atoms with Crippen LogP contribution in [0.2, 0.25) is 0 Å². The van der Waals surface area contributed by atoms with Crippen LogP contribution < -0.4 is 4.72 Å². The van der Waals surface area contributed by atoms with E-state index >= 15 is 0 Å². The summed E-state index contributed by atoms with van der Waals surface area (Å²) in [6.07, 6.45) is 1.37. The number of thiophene rings is 1. The van der Waals surface area contributed by atoms with Crippen LogP contribution in [0.5, 0.6) is 0 Å². The van der Waals surface area contributed by atoms with Crippen molar-refractivity contribution in [3.05, 3.63) is 15.9 Å². The lowest BCUT2D eigenvalue weighted by atomic mass is 9.94. The van der Waals surface area contributed by atoms with E-state index in [-0.39, 0.29) is 0 Å². The first-order valence-corrected chi connectivity index (χ1v) is 9.62. The average molecular weight is 419 g/mol. The maximum absolute atomic E-state index is 12.3. The summed E-state index contributed by atoms with van der Waals surface area (Å²) in [4.78, 5) is 0. The molecule has 0 spiro atoms. The van der Waals surface area contributed by atoms with Gasteiger partial charge in [-0.15, -0.1) is 11.3 Å². The van der Waals surface area contributed by atoms with E-state index in [0.29, 0.717) is 35.6 Å². The molecule has 1 fully saturated rings. The van der Waals surface area contributed by atoms with Gasteiger partial charge < -0.3 is 4.74 Å². The summed E-state index contributed by atoms with van der Waals surface area (Å²) in [5.74, 6) is 0. The second kappa shape index (κ2) is 5.88. The Labute approximate surface area is 127 Å². The Bertz CT molecular complexity index is 509. The van der Waals surface area contributed by atoms with E-state index in [1.165, 1.54) is 11.3 Å². The molecule has 1 aliphatic rings. The lowest BCUT2D eigenvalue weighted by Crippen LogP contribution is -2.53. The van der Waals surface area contributed by atoms with Gasteiger partial charge in [-0.2, -0.15) is 0 Å². The molecule has 4 nitrogen and oxygen atoms in total. The minimum absolute atomic E-state index is 0.334. The Morgan fingerprint density at radius 1 is 1.39 bits per heavy atom. The molecule has 0 saturated carbocycles. The second-order valence-electron chi connectivity index (χ2n) is 4.19. The normalized spacial score (nSPS) is 19.9. The zero-order valence-electron chi connectivity index (χ0n) is 9.49. The number of ether oxygens (including phenoxy) is 1. The minimum atomic E-state index is -3.46. The highest BCUT2D eigenvalue weighted by Crippen LogP contribution is 2.30. The summed E-state index contributed by atoms with van der Waals surface area (Å²) in [6.45, 7) is 1.17. The monoisotopic (exact) mass is 417 g/mol. The number of sulfonamides is 1. The van der Waals surface area contributed by atoms with Crippen molar-refractivity contribution in [3.8, 4) is 0 Å². The van der Waals surface area contributed by atoms with Gasteiger partial charge in [0.1, 0.15) is 4.21 Å². The highest BCUT2D eigenvalue weighted by Gasteiger charge is 2.36. The summed E-state index contributed by atoms with van der Waals surface area (Å²) in [6, 6.07) is 3.35. The van der Waals surface area contributed by atoms with Gasteiger partial charge in [-0.1, -0.05) is 15.9 Å². The lowest BCUT2D eigenvalue weighted by Gasteiger charge is -2.35. The van der Waals surface area contributed by atoms with Gasteiger partial charge in [0.15, 0.2) is 0 Å². The molecule has 2 rings (SSSR count). The second-order valence-corrected chi connectivity index (χ2v) is 9.12. The van der Waals surface area contributed by atoms with E-state index in [2.05, 4.69) is 36.6 Å². The van der Waals surface area contributed by atoms with Crippen molar-refractivity contribution >= 4 is 53.2 Å². The summed E-state index contributed by atoms with van der Waals surface area (Å²) < 4.78 is 33.8. The third kappa shape index (κ3) is 3.34. The Hall–Kier alpha value is 0.530. The first-order valence-electron chi connectivity index (χ1n) is 5.40. The number of hydrogen-bond donors (Lipinski definition) is 1. The lowest BCUT2D eigenvalue weighted by molar-refractivity contribution is 0.0557. The van der Waals surface area contributed by atoms with E-state index < -0.39 is 15.6 Å². The summed E-state index contributed by atoms with van der Waals surface area (Å²) in [7, 11) is -3.46. The molecule has 1 N–H and O–H groups in total. The quantitative estimate of drug-likeness (QED) is 0.764. The first-order chi connectivity index (χ1) is 8.47. The van der Waals surface area contributed by atoms with Crippen molar-refractivity contribution in [2.45, 2.75) is 22.6 Å². The average Bonchev–Trinajstić information content (AvgIpc) is 2.77. The van der Waals surface area contributed by atoms with Crippen molar-refractivity contribution in [1.82, 2.24) is 4.72 Å². The molecule has 0 amide bonds. The molecule has 2 heterocycles. The first kappa shape index (κ1) is 14.9. The molecule has 0 aliphatic carbocycles. The predicted molar refractivity (Wildman–Crippen MR) is 78.9 cm³/mol. The fourth-order valence-corrected chi connectivity index (χ4v) is 6.16. The standard InChI is InChI=1S/C10H13Br2NO3S2/c11-7-10(3-5-16-6-4-10)13-18(14,15)9-2-1-8(12)17-9/h1-2,13H,3-7H2. The summed E-state index contributed by atoms with van der Waals surface area (Å²) in [5, 5.41) is 0.592. The summed E-state index contributed by atoms with van der Waals surface area (Å²) >= 11 is 7.90. The molecule has 1 aliphatic heterocycles. The van der Waals surface area contributed by atoms with E-state index in [9.17, 15) is 8.42 Å². The third-order valence-electron chi connectivity index (χ3n) is 2.87. The van der Waals surface area contributed by atoms with Crippen LogP contribution in [-0.2, 0) is 14.8 Å².